The van der Waals surface area contributed by atoms with E-state index in [-0.39, 0.29) is 6.04 Å². The molecule has 5 heteroatoms. The summed E-state index contributed by atoms with van der Waals surface area (Å²) in [4.78, 5) is 14.9. The Bertz CT molecular complexity index is 301. The lowest BCUT2D eigenvalue weighted by Crippen LogP contribution is -2.29. The molecule has 5 N–H and O–H groups in total. The van der Waals surface area contributed by atoms with Crippen LogP contribution in [-0.4, -0.2) is 29.0 Å². The number of rotatable bonds is 9. The Morgan fingerprint density at radius 3 is 2.44 bits per heavy atom. The van der Waals surface area contributed by atoms with Crippen LogP contribution in [0, 0.1) is 0 Å². The van der Waals surface area contributed by atoms with Gasteiger partial charge in [0, 0.05) is 6.42 Å². The maximum absolute atomic E-state index is 10.5. The number of hydrogen-bond donors (Lipinski definition) is 3. The van der Waals surface area contributed by atoms with Crippen molar-refractivity contribution >= 4 is 11.8 Å². The zero-order chi connectivity index (χ0) is 14.0. The fourth-order valence-electron chi connectivity index (χ4n) is 1.49. The molecule has 0 spiro atoms. The molecule has 0 aromatic carbocycles. The fraction of sp³-hybridized carbons (Fsp3) is 0.692. The first-order valence-electron chi connectivity index (χ1n) is 6.46. The Morgan fingerprint density at radius 1 is 1.33 bits per heavy atom. The minimum atomic E-state index is -0.974. The van der Waals surface area contributed by atoms with Crippen LogP contribution < -0.4 is 11.5 Å². The van der Waals surface area contributed by atoms with Crippen LogP contribution in [0.4, 0.5) is 0 Å². The highest BCUT2D eigenvalue weighted by atomic mass is 16.4. The monoisotopic (exact) mass is 255 g/mol. The van der Waals surface area contributed by atoms with E-state index in [1.807, 2.05) is 13.0 Å². The summed E-state index contributed by atoms with van der Waals surface area (Å²) in [6.45, 7) is 4.08. The van der Waals surface area contributed by atoms with Gasteiger partial charge in [0.15, 0.2) is 0 Å². The van der Waals surface area contributed by atoms with Crippen LogP contribution in [0.3, 0.4) is 0 Å². The highest BCUT2D eigenvalue weighted by molar-refractivity contribution is 5.80. The number of carbonyl (C=O) groups is 1. The average molecular weight is 255 g/mol. The number of carboxylic acid groups (broad SMARTS) is 1. The number of carboxylic acids is 1. The van der Waals surface area contributed by atoms with Crippen molar-refractivity contribution in [1.29, 1.82) is 0 Å². The van der Waals surface area contributed by atoms with E-state index >= 15 is 0 Å². The van der Waals surface area contributed by atoms with Crippen LogP contribution in [0.15, 0.2) is 17.1 Å². The summed E-state index contributed by atoms with van der Waals surface area (Å²) in [7, 11) is 0. The predicted molar refractivity (Wildman–Crippen MR) is 74.6 cm³/mol. The highest BCUT2D eigenvalue weighted by Crippen LogP contribution is 2.08. The van der Waals surface area contributed by atoms with E-state index in [0.717, 1.165) is 25.7 Å². The SMILES string of the molecule is CCC[C@@H](C/C=C\C[C@H](N)C(=O)O)N=C(N)CC. The Hall–Kier alpha value is -1.36. The van der Waals surface area contributed by atoms with Crippen molar-refractivity contribution in [2.24, 2.45) is 16.5 Å². The molecule has 5 nitrogen and oxygen atoms in total. The zero-order valence-corrected chi connectivity index (χ0v) is 11.3. The molecule has 0 heterocycles. The van der Waals surface area contributed by atoms with E-state index in [1.54, 1.807) is 6.08 Å². The molecule has 2 atom stereocenters. The smallest absolute Gasteiger partial charge is 0.320 e. The van der Waals surface area contributed by atoms with Crippen LogP contribution in [0.25, 0.3) is 0 Å². The lowest BCUT2D eigenvalue weighted by atomic mass is 10.1. The number of aliphatic imine (C=N–C) groups is 1. The molecule has 0 bridgehead atoms. The van der Waals surface area contributed by atoms with Gasteiger partial charge in [0.25, 0.3) is 0 Å². The van der Waals surface area contributed by atoms with E-state index < -0.39 is 12.0 Å². The molecule has 0 aromatic heterocycles. The van der Waals surface area contributed by atoms with E-state index in [2.05, 4.69) is 11.9 Å². The normalized spacial score (nSPS) is 15.8. The van der Waals surface area contributed by atoms with Crippen molar-refractivity contribution in [1.82, 2.24) is 0 Å². The molecular formula is C13H25N3O2. The quantitative estimate of drug-likeness (QED) is 0.331. The predicted octanol–water partition coefficient (Wildman–Crippen LogP) is 1.67. The van der Waals surface area contributed by atoms with Crippen molar-refractivity contribution in [3.8, 4) is 0 Å². The van der Waals surface area contributed by atoms with Crippen molar-refractivity contribution in [2.45, 2.75) is 58.0 Å². The lowest BCUT2D eigenvalue weighted by molar-refractivity contribution is -0.138. The second kappa shape index (κ2) is 9.65. The molecule has 0 rings (SSSR count). The molecule has 0 fully saturated rings. The summed E-state index contributed by atoms with van der Waals surface area (Å²) < 4.78 is 0. The topological polar surface area (TPSA) is 102 Å². The Morgan fingerprint density at radius 2 is 1.94 bits per heavy atom. The molecule has 104 valence electrons. The lowest BCUT2D eigenvalue weighted by Gasteiger charge is -2.10. The minimum Gasteiger partial charge on any atom is -0.480 e. The standard InChI is InChI=1S/C13H25N3O2/c1-3-7-10(16-12(15)4-2)8-5-6-9-11(14)13(17)18/h5-6,10-11H,3-4,7-9,14H2,1-2H3,(H2,15,16)(H,17,18)/b6-5-/t10-,11-/m0/s1. The highest BCUT2D eigenvalue weighted by Gasteiger charge is 2.08. The number of nitrogens with two attached hydrogens (primary N) is 2. The Balaban J connectivity index is 4.18. The summed E-state index contributed by atoms with van der Waals surface area (Å²) in [6.07, 6.45) is 7.66. The first-order valence-corrected chi connectivity index (χ1v) is 6.46. The molecule has 0 aliphatic heterocycles. The van der Waals surface area contributed by atoms with Crippen LogP contribution in [0.1, 0.15) is 46.0 Å². The van der Waals surface area contributed by atoms with Gasteiger partial charge in [-0.3, -0.25) is 9.79 Å². The van der Waals surface area contributed by atoms with Crippen LogP contribution in [-0.2, 0) is 4.79 Å². The summed E-state index contributed by atoms with van der Waals surface area (Å²) in [6, 6.07) is -0.637. The van der Waals surface area contributed by atoms with Crippen molar-refractivity contribution in [3.05, 3.63) is 12.2 Å². The largest absolute Gasteiger partial charge is 0.480 e. The maximum atomic E-state index is 10.5. The van der Waals surface area contributed by atoms with Gasteiger partial charge >= 0.3 is 5.97 Å². The number of aliphatic carboxylic acids is 1. The number of nitrogens with zero attached hydrogens (tertiary/aromatic N) is 1. The van der Waals surface area contributed by atoms with Gasteiger partial charge < -0.3 is 16.6 Å². The zero-order valence-electron chi connectivity index (χ0n) is 11.3. The third-order valence-electron chi connectivity index (χ3n) is 2.61. The molecule has 0 saturated heterocycles. The molecule has 0 aromatic rings. The molecule has 0 radical (unpaired) electrons. The van der Waals surface area contributed by atoms with Gasteiger partial charge in [-0.25, -0.2) is 0 Å². The van der Waals surface area contributed by atoms with E-state index in [4.69, 9.17) is 16.6 Å². The fourth-order valence-corrected chi connectivity index (χ4v) is 1.49. The first-order chi connectivity index (χ1) is 8.51. The Labute approximate surface area is 109 Å². The molecule has 0 saturated carbocycles. The van der Waals surface area contributed by atoms with E-state index in [1.165, 1.54) is 0 Å². The average Bonchev–Trinajstić information content (AvgIpc) is 2.33. The first kappa shape index (κ1) is 16.6. The Kier molecular flexibility index (Phi) is 8.92. The molecule has 0 aliphatic carbocycles. The van der Waals surface area contributed by atoms with Crippen molar-refractivity contribution in [2.75, 3.05) is 0 Å². The summed E-state index contributed by atoms with van der Waals surface area (Å²) in [5.41, 5.74) is 11.1. The van der Waals surface area contributed by atoms with E-state index in [9.17, 15) is 4.79 Å². The molecule has 0 unspecified atom stereocenters. The van der Waals surface area contributed by atoms with Gasteiger partial charge in [0.2, 0.25) is 0 Å². The second-order valence-corrected chi connectivity index (χ2v) is 4.30. The molecule has 0 amide bonds. The maximum Gasteiger partial charge on any atom is 0.320 e. The van der Waals surface area contributed by atoms with Crippen molar-refractivity contribution in [3.63, 3.8) is 0 Å². The summed E-state index contributed by atoms with van der Waals surface area (Å²) in [5, 5.41) is 8.63. The third-order valence-corrected chi connectivity index (χ3v) is 2.61. The number of hydrogen-bond acceptors (Lipinski definition) is 3. The minimum absolute atomic E-state index is 0.187. The van der Waals surface area contributed by atoms with Crippen LogP contribution in [0.2, 0.25) is 0 Å². The van der Waals surface area contributed by atoms with Crippen molar-refractivity contribution < 1.29 is 9.90 Å². The summed E-state index contributed by atoms with van der Waals surface area (Å²) >= 11 is 0. The van der Waals surface area contributed by atoms with Gasteiger partial charge in [-0.05, 0) is 19.3 Å². The summed E-state index contributed by atoms with van der Waals surface area (Å²) in [5.74, 6) is -0.304. The molecule has 0 aliphatic rings. The second-order valence-electron chi connectivity index (χ2n) is 4.30. The van der Waals surface area contributed by atoms with E-state index in [0.29, 0.717) is 12.3 Å². The molecular weight excluding hydrogens is 230 g/mol. The number of amidine groups is 1. The van der Waals surface area contributed by atoms with Crippen LogP contribution in [0.5, 0.6) is 0 Å². The van der Waals surface area contributed by atoms with Gasteiger partial charge in [-0.15, -0.1) is 0 Å². The van der Waals surface area contributed by atoms with Gasteiger partial charge in [0.1, 0.15) is 6.04 Å². The molecule has 18 heavy (non-hydrogen) atoms. The third kappa shape index (κ3) is 7.84. The van der Waals surface area contributed by atoms with Gasteiger partial charge in [0.05, 0.1) is 11.9 Å². The van der Waals surface area contributed by atoms with Gasteiger partial charge in [-0.1, -0.05) is 32.4 Å². The van der Waals surface area contributed by atoms with Gasteiger partial charge in [-0.2, -0.15) is 0 Å². The van der Waals surface area contributed by atoms with Crippen LogP contribution >= 0.6 is 0 Å².